The van der Waals surface area contributed by atoms with E-state index in [4.69, 9.17) is 4.74 Å². The summed E-state index contributed by atoms with van der Waals surface area (Å²) in [6, 6.07) is 8.29. The van der Waals surface area contributed by atoms with E-state index in [1.165, 1.54) is 12.1 Å². The number of likely N-dealkylation sites (N-methyl/N-ethyl adjacent to an activating group) is 1. The number of anilines is 2. The lowest BCUT2D eigenvalue weighted by atomic mass is 9.81. The Labute approximate surface area is 194 Å². The minimum Gasteiger partial charge on any atom is -0.484 e. The molecule has 180 valence electrons. The van der Waals surface area contributed by atoms with Crippen molar-refractivity contribution in [3.63, 3.8) is 0 Å². The van der Waals surface area contributed by atoms with Crippen LogP contribution in [0.15, 0.2) is 42.5 Å². The quantitative estimate of drug-likeness (QED) is 0.626. The molecule has 3 heterocycles. The molecule has 0 atom stereocenters. The molecule has 3 aliphatic heterocycles. The molecular weight excluding hydrogens is 471 g/mol. The summed E-state index contributed by atoms with van der Waals surface area (Å²) in [6.07, 6.45) is -2.36. The van der Waals surface area contributed by atoms with Crippen molar-refractivity contribution < 1.29 is 31.1 Å². The molecule has 2 aromatic carbocycles. The molecular formula is C23H22F3N3O4S. The van der Waals surface area contributed by atoms with Gasteiger partial charge in [-0.05, 0) is 48.9 Å². The molecule has 0 aliphatic carbocycles. The van der Waals surface area contributed by atoms with Crippen LogP contribution in [0.3, 0.4) is 0 Å². The van der Waals surface area contributed by atoms with Crippen LogP contribution >= 0.6 is 0 Å². The van der Waals surface area contributed by atoms with Crippen LogP contribution in [0, 0.1) is 0 Å². The van der Waals surface area contributed by atoms with Crippen molar-refractivity contribution in [1.29, 1.82) is 0 Å². The SMILES string of the molecule is CN1CC2(C/C(=C\C(=O)Nc3ccc4c(c3)NS(=O)(=O)CC4)c3ccc(C(F)(F)F)cc3O2)C1. The first-order valence-electron chi connectivity index (χ1n) is 10.7. The number of benzene rings is 2. The normalized spacial score (nSPS) is 21.6. The van der Waals surface area contributed by atoms with Crippen LogP contribution in [0.5, 0.6) is 5.75 Å². The second-order valence-corrected chi connectivity index (χ2v) is 10.9. The van der Waals surface area contributed by atoms with E-state index in [-0.39, 0.29) is 11.5 Å². The summed E-state index contributed by atoms with van der Waals surface area (Å²) in [5.41, 5.74) is 1.20. The fourth-order valence-electron chi connectivity index (χ4n) is 4.77. The lowest BCUT2D eigenvalue weighted by molar-refractivity contribution is -0.138. The molecule has 5 rings (SSSR count). The van der Waals surface area contributed by atoms with Crippen LogP contribution in [0.25, 0.3) is 5.57 Å². The lowest BCUT2D eigenvalue weighted by Crippen LogP contribution is -2.64. The molecule has 2 N–H and O–H groups in total. The van der Waals surface area contributed by atoms with E-state index < -0.39 is 33.3 Å². The number of sulfonamides is 1. The maximum absolute atomic E-state index is 13.2. The minimum atomic E-state index is -4.51. The predicted molar refractivity (Wildman–Crippen MR) is 121 cm³/mol. The Balaban J connectivity index is 1.43. The number of nitrogens with zero attached hydrogens (tertiary/aromatic N) is 1. The summed E-state index contributed by atoms with van der Waals surface area (Å²) < 4.78 is 71.9. The van der Waals surface area contributed by atoms with E-state index in [2.05, 4.69) is 10.0 Å². The highest BCUT2D eigenvalue weighted by Gasteiger charge is 2.47. The van der Waals surface area contributed by atoms with Crippen LogP contribution in [-0.4, -0.2) is 50.7 Å². The standard InChI is InChI=1S/C23H22F3N3O4S/c1-29-12-22(13-29)11-15(18-5-3-16(23(24,25)26)9-20(18)33-22)8-21(30)27-17-4-2-14-6-7-34(31,32)28-19(14)10-17/h2-5,8-10,28H,6-7,11-13H2,1H3,(H,27,30)/b15-8+. The van der Waals surface area contributed by atoms with Gasteiger partial charge < -0.3 is 10.1 Å². The van der Waals surface area contributed by atoms with Crippen molar-refractivity contribution in [2.75, 3.05) is 35.9 Å². The fraction of sp³-hybridized carbons (Fsp3) is 0.348. The van der Waals surface area contributed by atoms with Gasteiger partial charge in [-0.25, -0.2) is 8.42 Å². The van der Waals surface area contributed by atoms with E-state index >= 15 is 0 Å². The zero-order valence-electron chi connectivity index (χ0n) is 18.2. The van der Waals surface area contributed by atoms with Gasteiger partial charge in [-0.15, -0.1) is 0 Å². The van der Waals surface area contributed by atoms with Gasteiger partial charge in [-0.3, -0.25) is 14.4 Å². The van der Waals surface area contributed by atoms with Gasteiger partial charge in [0.15, 0.2) is 0 Å². The summed E-state index contributed by atoms with van der Waals surface area (Å²) in [7, 11) is -1.51. The lowest BCUT2D eigenvalue weighted by Gasteiger charge is -2.51. The van der Waals surface area contributed by atoms with E-state index in [0.717, 1.165) is 17.7 Å². The molecule has 1 fully saturated rings. The number of amides is 1. The molecule has 0 aromatic heterocycles. The predicted octanol–water partition coefficient (Wildman–Crippen LogP) is 3.49. The molecule has 0 radical (unpaired) electrons. The summed E-state index contributed by atoms with van der Waals surface area (Å²) in [5.74, 6) is -0.354. The van der Waals surface area contributed by atoms with E-state index in [0.29, 0.717) is 48.4 Å². The smallest absolute Gasteiger partial charge is 0.416 e. The van der Waals surface area contributed by atoms with Crippen molar-refractivity contribution >= 4 is 32.9 Å². The number of rotatable bonds is 2. The van der Waals surface area contributed by atoms with Crippen LogP contribution < -0.4 is 14.8 Å². The summed E-state index contributed by atoms with van der Waals surface area (Å²) >= 11 is 0. The molecule has 0 saturated carbocycles. The van der Waals surface area contributed by atoms with E-state index in [1.54, 1.807) is 18.2 Å². The number of alkyl halides is 3. The monoisotopic (exact) mass is 493 g/mol. The molecule has 1 spiro atoms. The second kappa shape index (κ2) is 7.74. The largest absolute Gasteiger partial charge is 0.484 e. The highest BCUT2D eigenvalue weighted by Crippen LogP contribution is 2.46. The number of carbonyl (C=O) groups is 1. The van der Waals surface area contributed by atoms with Crippen LogP contribution in [0.1, 0.15) is 23.1 Å². The number of hydrogen-bond donors (Lipinski definition) is 2. The van der Waals surface area contributed by atoms with Gasteiger partial charge in [-0.2, -0.15) is 13.2 Å². The zero-order valence-corrected chi connectivity index (χ0v) is 19.0. The first kappa shape index (κ1) is 22.7. The molecule has 2 aromatic rings. The van der Waals surface area contributed by atoms with Gasteiger partial charge in [0, 0.05) is 36.8 Å². The molecule has 7 nitrogen and oxygen atoms in total. The van der Waals surface area contributed by atoms with Gasteiger partial charge >= 0.3 is 6.18 Å². The maximum Gasteiger partial charge on any atom is 0.416 e. The van der Waals surface area contributed by atoms with Gasteiger partial charge in [0.25, 0.3) is 0 Å². The number of ether oxygens (including phenoxy) is 1. The third-order valence-electron chi connectivity index (χ3n) is 6.20. The number of likely N-dealkylation sites (tertiary alicyclic amines) is 1. The summed E-state index contributed by atoms with van der Waals surface area (Å²) in [5, 5.41) is 2.72. The minimum absolute atomic E-state index is 0.00623. The Morgan fingerprint density at radius 2 is 1.97 bits per heavy atom. The highest BCUT2D eigenvalue weighted by molar-refractivity contribution is 7.92. The third-order valence-corrected chi connectivity index (χ3v) is 7.47. The topological polar surface area (TPSA) is 87.7 Å². The van der Waals surface area contributed by atoms with Crippen molar-refractivity contribution in [2.45, 2.75) is 24.6 Å². The molecule has 0 bridgehead atoms. The highest BCUT2D eigenvalue weighted by atomic mass is 32.2. The first-order valence-corrected chi connectivity index (χ1v) is 12.3. The van der Waals surface area contributed by atoms with Crippen molar-refractivity contribution in [3.05, 3.63) is 59.2 Å². The summed E-state index contributed by atoms with van der Waals surface area (Å²) in [4.78, 5) is 14.8. The number of carbonyl (C=O) groups excluding carboxylic acids is 1. The van der Waals surface area contributed by atoms with Gasteiger partial charge in [-0.1, -0.05) is 12.1 Å². The molecule has 34 heavy (non-hydrogen) atoms. The van der Waals surface area contributed by atoms with Crippen LogP contribution in [0.2, 0.25) is 0 Å². The first-order chi connectivity index (χ1) is 15.9. The van der Waals surface area contributed by atoms with Crippen LogP contribution in [0.4, 0.5) is 24.5 Å². The Morgan fingerprint density at radius 1 is 1.21 bits per heavy atom. The number of fused-ring (bicyclic) bond motifs is 2. The zero-order chi connectivity index (χ0) is 24.3. The number of halogens is 3. The van der Waals surface area contributed by atoms with Gasteiger partial charge in [0.1, 0.15) is 11.4 Å². The average Bonchev–Trinajstić information content (AvgIpc) is 2.70. The number of nitrogens with one attached hydrogen (secondary N) is 2. The molecule has 3 aliphatic rings. The Bertz CT molecular complexity index is 1320. The molecule has 0 unspecified atom stereocenters. The van der Waals surface area contributed by atoms with Crippen molar-refractivity contribution in [2.24, 2.45) is 0 Å². The number of aryl methyl sites for hydroxylation is 1. The van der Waals surface area contributed by atoms with Crippen molar-refractivity contribution in [1.82, 2.24) is 4.90 Å². The molecule has 11 heteroatoms. The Hall–Kier alpha value is -3.05. The van der Waals surface area contributed by atoms with Gasteiger partial charge in [0.2, 0.25) is 15.9 Å². The fourth-order valence-corrected chi connectivity index (χ4v) is 5.89. The second-order valence-electron chi connectivity index (χ2n) is 9.04. The average molecular weight is 494 g/mol. The summed E-state index contributed by atoms with van der Waals surface area (Å²) in [6.45, 7) is 1.07. The third kappa shape index (κ3) is 4.37. The maximum atomic E-state index is 13.2. The molecule has 1 amide bonds. The van der Waals surface area contributed by atoms with E-state index in [1.807, 2.05) is 11.9 Å². The number of hydrogen-bond acceptors (Lipinski definition) is 5. The Morgan fingerprint density at radius 3 is 2.68 bits per heavy atom. The van der Waals surface area contributed by atoms with Crippen molar-refractivity contribution in [3.8, 4) is 5.75 Å². The van der Waals surface area contributed by atoms with E-state index in [9.17, 15) is 26.4 Å². The molecule has 1 saturated heterocycles. The van der Waals surface area contributed by atoms with Gasteiger partial charge in [0.05, 0.1) is 17.0 Å². The van der Waals surface area contributed by atoms with Crippen LogP contribution in [-0.2, 0) is 27.4 Å². The Kier molecular flexibility index (Phi) is 5.17.